The summed E-state index contributed by atoms with van der Waals surface area (Å²) < 4.78 is 0. The maximum atomic E-state index is 12.1. The molecule has 0 radical (unpaired) electrons. The summed E-state index contributed by atoms with van der Waals surface area (Å²) in [6.07, 6.45) is 6.15. The van der Waals surface area contributed by atoms with Crippen molar-refractivity contribution in [3.63, 3.8) is 0 Å². The van der Waals surface area contributed by atoms with Gasteiger partial charge >= 0.3 is 0 Å². The van der Waals surface area contributed by atoms with E-state index in [1.807, 2.05) is 30.3 Å². The molecular formula is C24H22N8O3. The Bertz CT molecular complexity index is 1300. The third-order valence-electron chi connectivity index (χ3n) is 5.17. The Morgan fingerprint density at radius 3 is 2.40 bits per heavy atom. The van der Waals surface area contributed by atoms with E-state index in [1.54, 1.807) is 36.8 Å². The number of hydrogen-bond acceptors (Lipinski definition) is 9. The van der Waals surface area contributed by atoms with E-state index in [9.17, 15) is 14.9 Å². The van der Waals surface area contributed by atoms with Crippen LogP contribution in [0.2, 0.25) is 0 Å². The molecule has 0 saturated heterocycles. The number of nitro groups is 1. The molecule has 176 valence electrons. The number of hydrogen-bond donors (Lipinski definition) is 3. The van der Waals surface area contributed by atoms with Gasteiger partial charge in [-0.25, -0.2) is 15.0 Å². The van der Waals surface area contributed by atoms with Crippen LogP contribution in [0, 0.1) is 10.1 Å². The smallest absolute Gasteiger partial charge is 0.287 e. The lowest BCUT2D eigenvalue weighted by molar-refractivity contribution is -0.385. The van der Waals surface area contributed by atoms with Crippen LogP contribution in [0.15, 0.2) is 79.4 Å². The maximum absolute atomic E-state index is 12.1. The minimum absolute atomic E-state index is 0.0610. The fourth-order valence-electron chi connectivity index (χ4n) is 3.48. The fraction of sp³-hybridized carbons (Fsp3) is 0.125. The number of benzene rings is 1. The van der Waals surface area contributed by atoms with E-state index in [4.69, 9.17) is 5.73 Å². The maximum Gasteiger partial charge on any atom is 0.287 e. The van der Waals surface area contributed by atoms with Crippen LogP contribution >= 0.6 is 0 Å². The molecule has 4 aromatic rings. The zero-order chi connectivity index (χ0) is 24.6. The molecule has 11 heteroatoms. The first-order valence-corrected chi connectivity index (χ1v) is 10.7. The van der Waals surface area contributed by atoms with Gasteiger partial charge in [0.05, 0.1) is 16.5 Å². The quantitative estimate of drug-likeness (QED) is 0.180. The largest absolute Gasteiger partial charge is 0.369 e. The number of carbonyl (C=O) groups is 1. The van der Waals surface area contributed by atoms with Gasteiger partial charge in [-0.2, -0.15) is 0 Å². The lowest BCUT2D eigenvalue weighted by Crippen LogP contribution is -2.22. The molecule has 0 fully saturated rings. The van der Waals surface area contributed by atoms with Crippen molar-refractivity contribution < 1.29 is 9.72 Å². The standard InChI is InChI=1S/C24H22N8O3/c25-23(33)22(18-2-1-10-26-14-18)17-5-3-16(4-6-17)20-9-11-28-24(31-20)29-13-12-27-21-8-7-19(15-30-21)32(34)35/h1-11,14-15,22H,12-13H2,(H2,25,33)(H,27,30)(H,28,29,31). The van der Waals surface area contributed by atoms with Crippen molar-refractivity contribution in [2.45, 2.75) is 5.92 Å². The van der Waals surface area contributed by atoms with Crippen LogP contribution in [0.1, 0.15) is 17.0 Å². The summed E-state index contributed by atoms with van der Waals surface area (Å²) in [5, 5.41) is 16.9. The minimum Gasteiger partial charge on any atom is -0.369 e. The number of carbonyl (C=O) groups excluding carboxylic acids is 1. The molecule has 11 nitrogen and oxygen atoms in total. The number of primary amides is 1. The van der Waals surface area contributed by atoms with Gasteiger partial charge in [0.25, 0.3) is 5.69 Å². The van der Waals surface area contributed by atoms with Gasteiger partial charge in [0.2, 0.25) is 11.9 Å². The van der Waals surface area contributed by atoms with Crippen LogP contribution in [0.3, 0.4) is 0 Å². The summed E-state index contributed by atoms with van der Waals surface area (Å²) in [5.74, 6) is -0.0435. The Hall–Kier alpha value is -4.93. The highest BCUT2D eigenvalue weighted by molar-refractivity contribution is 5.85. The fourth-order valence-corrected chi connectivity index (χ4v) is 3.48. The third-order valence-corrected chi connectivity index (χ3v) is 5.17. The lowest BCUT2D eigenvalue weighted by atomic mass is 9.91. The Labute approximate surface area is 200 Å². The number of nitrogens with zero attached hydrogens (tertiary/aromatic N) is 5. The number of nitrogens with two attached hydrogens (primary N) is 1. The number of rotatable bonds is 10. The Morgan fingerprint density at radius 1 is 0.943 bits per heavy atom. The molecule has 1 atom stereocenters. The summed E-state index contributed by atoms with van der Waals surface area (Å²) in [6.45, 7) is 1.02. The second-order valence-corrected chi connectivity index (χ2v) is 7.52. The highest BCUT2D eigenvalue weighted by atomic mass is 16.6. The molecule has 1 unspecified atom stereocenters. The van der Waals surface area contributed by atoms with Crippen molar-refractivity contribution in [3.05, 3.63) is 101 Å². The molecular weight excluding hydrogens is 448 g/mol. The number of pyridine rings is 2. The average molecular weight is 470 g/mol. The summed E-state index contributed by atoms with van der Waals surface area (Å²) in [7, 11) is 0. The molecule has 0 spiro atoms. The van der Waals surface area contributed by atoms with Crippen LogP contribution in [-0.2, 0) is 4.79 Å². The van der Waals surface area contributed by atoms with Gasteiger partial charge in [-0.3, -0.25) is 19.9 Å². The molecule has 3 aromatic heterocycles. The first-order valence-electron chi connectivity index (χ1n) is 10.7. The van der Waals surface area contributed by atoms with Crippen LogP contribution < -0.4 is 16.4 Å². The number of anilines is 2. The van der Waals surface area contributed by atoms with E-state index in [1.165, 1.54) is 12.3 Å². The lowest BCUT2D eigenvalue weighted by Gasteiger charge is -2.14. The zero-order valence-electron chi connectivity index (χ0n) is 18.5. The second-order valence-electron chi connectivity index (χ2n) is 7.52. The molecule has 0 aliphatic rings. The van der Waals surface area contributed by atoms with Crippen molar-refractivity contribution in [1.82, 2.24) is 19.9 Å². The Balaban J connectivity index is 1.37. The molecule has 4 N–H and O–H groups in total. The molecule has 0 aliphatic heterocycles. The number of aromatic nitrogens is 4. The molecule has 1 aromatic carbocycles. The zero-order valence-corrected chi connectivity index (χ0v) is 18.5. The Morgan fingerprint density at radius 2 is 1.74 bits per heavy atom. The molecule has 0 aliphatic carbocycles. The average Bonchev–Trinajstić information content (AvgIpc) is 2.88. The van der Waals surface area contributed by atoms with Crippen molar-refractivity contribution in [1.29, 1.82) is 0 Å². The number of amides is 1. The normalized spacial score (nSPS) is 11.4. The minimum atomic E-state index is -0.585. The van der Waals surface area contributed by atoms with Crippen LogP contribution in [0.5, 0.6) is 0 Å². The van der Waals surface area contributed by atoms with Gasteiger partial charge in [0.1, 0.15) is 12.0 Å². The summed E-state index contributed by atoms with van der Waals surface area (Å²) in [4.78, 5) is 39.2. The second kappa shape index (κ2) is 10.8. The van der Waals surface area contributed by atoms with Gasteiger partial charge in [-0.05, 0) is 29.3 Å². The van der Waals surface area contributed by atoms with Gasteiger partial charge < -0.3 is 16.4 Å². The van der Waals surface area contributed by atoms with Crippen LogP contribution in [-0.4, -0.2) is 43.9 Å². The van der Waals surface area contributed by atoms with Crippen molar-refractivity contribution in [3.8, 4) is 11.3 Å². The van der Waals surface area contributed by atoms with E-state index >= 15 is 0 Å². The van der Waals surface area contributed by atoms with Gasteiger partial charge in [0.15, 0.2) is 0 Å². The third kappa shape index (κ3) is 5.90. The van der Waals surface area contributed by atoms with Gasteiger partial charge in [-0.1, -0.05) is 30.3 Å². The first-order chi connectivity index (χ1) is 17.0. The van der Waals surface area contributed by atoms with E-state index in [-0.39, 0.29) is 5.69 Å². The van der Waals surface area contributed by atoms with E-state index < -0.39 is 16.7 Å². The van der Waals surface area contributed by atoms with E-state index in [0.717, 1.165) is 22.4 Å². The summed E-state index contributed by atoms with van der Waals surface area (Å²) in [6, 6.07) is 15.8. The first kappa shape index (κ1) is 23.2. The monoisotopic (exact) mass is 470 g/mol. The molecule has 1 amide bonds. The topological polar surface area (TPSA) is 162 Å². The Kier molecular flexibility index (Phi) is 7.16. The molecule has 3 heterocycles. The van der Waals surface area contributed by atoms with Gasteiger partial charge in [-0.15, -0.1) is 0 Å². The molecule has 35 heavy (non-hydrogen) atoms. The summed E-state index contributed by atoms with van der Waals surface area (Å²) >= 11 is 0. The molecule has 4 rings (SSSR count). The highest BCUT2D eigenvalue weighted by Crippen LogP contribution is 2.26. The predicted octanol–water partition coefficient (Wildman–Crippen LogP) is 2.98. The number of nitrogens with one attached hydrogen (secondary N) is 2. The van der Waals surface area contributed by atoms with Crippen molar-refractivity contribution in [2.24, 2.45) is 5.73 Å². The summed E-state index contributed by atoms with van der Waals surface area (Å²) in [5.41, 5.74) is 8.68. The van der Waals surface area contributed by atoms with Crippen LogP contribution in [0.25, 0.3) is 11.3 Å². The molecule has 0 bridgehead atoms. The van der Waals surface area contributed by atoms with E-state index in [2.05, 4.69) is 30.6 Å². The SMILES string of the molecule is NC(=O)C(c1ccc(-c2ccnc(NCCNc3ccc([N+](=O)[O-])cn3)n2)cc1)c1cccnc1. The molecule has 0 saturated carbocycles. The predicted molar refractivity (Wildman–Crippen MR) is 131 cm³/mol. The van der Waals surface area contributed by atoms with Crippen molar-refractivity contribution >= 4 is 23.4 Å². The van der Waals surface area contributed by atoms with Gasteiger partial charge in [0, 0.05) is 43.3 Å². The van der Waals surface area contributed by atoms with Crippen LogP contribution in [0.4, 0.5) is 17.5 Å². The highest BCUT2D eigenvalue weighted by Gasteiger charge is 2.20. The van der Waals surface area contributed by atoms with E-state index in [0.29, 0.717) is 24.9 Å². The van der Waals surface area contributed by atoms with Crippen molar-refractivity contribution in [2.75, 3.05) is 23.7 Å².